The van der Waals surface area contributed by atoms with Crippen LogP contribution < -0.4 is 4.72 Å². The van der Waals surface area contributed by atoms with Gasteiger partial charge in [-0.05, 0) is 42.3 Å². The van der Waals surface area contributed by atoms with E-state index in [2.05, 4.69) is 22.9 Å². The smallest absolute Gasteiger partial charge is 0.211 e. The fourth-order valence-electron chi connectivity index (χ4n) is 3.31. The molecule has 1 aliphatic heterocycles. The van der Waals surface area contributed by atoms with Gasteiger partial charge < -0.3 is 9.47 Å². The van der Waals surface area contributed by atoms with E-state index in [1.807, 2.05) is 18.2 Å². The Bertz CT molecular complexity index is 943. The highest BCUT2D eigenvalue weighted by Crippen LogP contribution is 2.39. The van der Waals surface area contributed by atoms with Crippen LogP contribution in [0.25, 0.3) is 0 Å². The van der Waals surface area contributed by atoms with E-state index in [4.69, 9.17) is 21.1 Å². The van der Waals surface area contributed by atoms with Gasteiger partial charge in [-0.3, -0.25) is 0 Å². The summed E-state index contributed by atoms with van der Waals surface area (Å²) in [7, 11) is -1.47. The van der Waals surface area contributed by atoms with Crippen LogP contribution in [-0.2, 0) is 31.6 Å². The van der Waals surface area contributed by atoms with E-state index < -0.39 is 10.0 Å². The molecular formula is C21H26ClNO4S2. The van der Waals surface area contributed by atoms with Crippen molar-refractivity contribution in [2.24, 2.45) is 0 Å². The molecule has 0 unspecified atom stereocenters. The molecule has 1 N–H and O–H groups in total. The van der Waals surface area contributed by atoms with E-state index in [1.54, 1.807) is 31.9 Å². The zero-order chi connectivity index (χ0) is 20.9. The molecule has 0 aliphatic carbocycles. The summed E-state index contributed by atoms with van der Waals surface area (Å²) in [5, 5.41) is 0.598. The lowest BCUT2D eigenvalue weighted by molar-refractivity contribution is -0.0948. The van der Waals surface area contributed by atoms with Gasteiger partial charge in [-0.1, -0.05) is 41.6 Å². The molecule has 0 spiro atoms. The van der Waals surface area contributed by atoms with Crippen LogP contribution in [0.3, 0.4) is 0 Å². The van der Waals surface area contributed by atoms with Gasteiger partial charge in [0.05, 0.1) is 16.4 Å². The second kappa shape index (κ2) is 9.81. The van der Waals surface area contributed by atoms with Gasteiger partial charge in [0.2, 0.25) is 10.0 Å². The third kappa shape index (κ3) is 5.75. The Morgan fingerprint density at radius 3 is 2.62 bits per heavy atom. The van der Waals surface area contributed by atoms with Crippen LogP contribution in [0.15, 0.2) is 52.3 Å². The molecule has 158 valence electrons. The van der Waals surface area contributed by atoms with Crippen molar-refractivity contribution in [3.05, 3.63) is 58.6 Å². The van der Waals surface area contributed by atoms with Crippen molar-refractivity contribution in [3.63, 3.8) is 0 Å². The number of sulfonamides is 1. The summed E-state index contributed by atoms with van der Waals surface area (Å²) in [4.78, 5) is 2.00. The predicted octanol–water partition coefficient (Wildman–Crippen LogP) is 4.58. The summed E-state index contributed by atoms with van der Waals surface area (Å²) in [5.41, 5.74) is 1.67. The number of methoxy groups -OCH3 is 1. The monoisotopic (exact) mass is 455 g/mol. The molecule has 1 saturated heterocycles. The minimum absolute atomic E-state index is 0.0557. The zero-order valence-electron chi connectivity index (χ0n) is 16.6. The van der Waals surface area contributed by atoms with Gasteiger partial charge in [0.15, 0.2) is 0 Å². The van der Waals surface area contributed by atoms with Gasteiger partial charge in [0.25, 0.3) is 0 Å². The van der Waals surface area contributed by atoms with Gasteiger partial charge in [0, 0.05) is 49.5 Å². The van der Waals surface area contributed by atoms with Crippen molar-refractivity contribution >= 4 is 33.4 Å². The van der Waals surface area contributed by atoms with E-state index in [1.165, 1.54) is 0 Å². The van der Waals surface area contributed by atoms with Crippen molar-refractivity contribution < 1.29 is 17.9 Å². The molecule has 2 aromatic carbocycles. The molecule has 1 heterocycles. The third-order valence-corrected chi connectivity index (χ3v) is 7.99. The Labute approximate surface area is 182 Å². The maximum atomic E-state index is 11.6. The van der Waals surface area contributed by atoms with Gasteiger partial charge in [0.1, 0.15) is 0 Å². The molecule has 0 saturated carbocycles. The van der Waals surface area contributed by atoms with Crippen LogP contribution >= 0.6 is 23.4 Å². The first-order valence-corrected chi connectivity index (χ1v) is 12.4. The van der Waals surface area contributed by atoms with E-state index in [0.717, 1.165) is 33.8 Å². The molecule has 29 heavy (non-hydrogen) atoms. The second-order valence-electron chi connectivity index (χ2n) is 6.93. The average Bonchev–Trinajstić information content (AvgIpc) is 2.75. The van der Waals surface area contributed by atoms with Gasteiger partial charge >= 0.3 is 0 Å². The van der Waals surface area contributed by atoms with Gasteiger partial charge in [-0.2, -0.15) is 0 Å². The van der Waals surface area contributed by atoms with E-state index in [0.29, 0.717) is 18.2 Å². The van der Waals surface area contributed by atoms with Gasteiger partial charge in [-0.15, -0.1) is 0 Å². The Kier molecular flexibility index (Phi) is 7.64. The van der Waals surface area contributed by atoms with E-state index >= 15 is 0 Å². The molecule has 3 rings (SSSR count). The van der Waals surface area contributed by atoms with Crippen molar-refractivity contribution in [1.29, 1.82) is 0 Å². The molecule has 0 atom stereocenters. The number of rotatable bonds is 8. The van der Waals surface area contributed by atoms with Crippen LogP contribution in [0.1, 0.15) is 30.9 Å². The first-order chi connectivity index (χ1) is 13.9. The summed E-state index contributed by atoms with van der Waals surface area (Å²) in [6.07, 6.45) is 1.67. The summed E-state index contributed by atoms with van der Waals surface area (Å²) in [6, 6.07) is 14.0. The minimum Gasteiger partial charge on any atom is -0.381 e. The number of benzene rings is 2. The Morgan fingerprint density at radius 1 is 1.21 bits per heavy atom. The largest absolute Gasteiger partial charge is 0.381 e. The lowest BCUT2D eigenvalue weighted by atomic mass is 9.86. The van der Waals surface area contributed by atoms with Crippen LogP contribution in [0.2, 0.25) is 5.02 Å². The molecular weight excluding hydrogens is 430 g/mol. The van der Waals surface area contributed by atoms with Crippen molar-refractivity contribution in [2.45, 2.75) is 41.7 Å². The molecule has 0 aromatic heterocycles. The summed E-state index contributed by atoms with van der Waals surface area (Å²) in [6.45, 7) is 3.23. The number of halogens is 1. The molecule has 5 nitrogen and oxygen atoms in total. The number of nitrogens with one attached hydrogen (secondary N) is 1. The Hall–Kier alpha value is -1.09. The molecule has 0 radical (unpaired) electrons. The highest BCUT2D eigenvalue weighted by molar-refractivity contribution is 7.99. The highest BCUT2D eigenvalue weighted by Gasteiger charge is 2.34. The second-order valence-corrected chi connectivity index (χ2v) is 10.5. The molecule has 1 fully saturated rings. The number of hydrogen-bond acceptors (Lipinski definition) is 5. The number of ether oxygens (including phenoxy) is 2. The predicted molar refractivity (Wildman–Crippen MR) is 117 cm³/mol. The first-order valence-electron chi connectivity index (χ1n) is 9.54. The Morgan fingerprint density at radius 2 is 1.97 bits per heavy atom. The Balaban J connectivity index is 1.75. The van der Waals surface area contributed by atoms with Crippen LogP contribution in [0.4, 0.5) is 0 Å². The van der Waals surface area contributed by atoms with Crippen LogP contribution in [0, 0.1) is 0 Å². The summed E-state index contributed by atoms with van der Waals surface area (Å²) >= 11 is 8.05. The van der Waals surface area contributed by atoms with Crippen LogP contribution in [-0.4, -0.2) is 34.5 Å². The molecule has 0 amide bonds. The fraction of sp³-hybridized carbons (Fsp3) is 0.429. The normalized spacial score (nSPS) is 16.7. The molecule has 8 heteroatoms. The highest BCUT2D eigenvalue weighted by atomic mass is 35.5. The van der Waals surface area contributed by atoms with Gasteiger partial charge in [-0.25, -0.2) is 13.1 Å². The third-order valence-electron chi connectivity index (χ3n) is 5.15. The van der Waals surface area contributed by atoms with Crippen molar-refractivity contribution in [2.75, 3.05) is 26.1 Å². The van der Waals surface area contributed by atoms with E-state index in [-0.39, 0.29) is 17.9 Å². The summed E-state index contributed by atoms with van der Waals surface area (Å²) in [5.74, 6) is 0.0557. The van der Waals surface area contributed by atoms with Crippen LogP contribution in [0.5, 0.6) is 0 Å². The average molecular weight is 456 g/mol. The molecule has 2 aromatic rings. The van der Waals surface area contributed by atoms with Crippen molar-refractivity contribution in [1.82, 2.24) is 4.72 Å². The number of hydrogen-bond donors (Lipinski definition) is 1. The lowest BCUT2D eigenvalue weighted by Crippen LogP contribution is -2.35. The first kappa shape index (κ1) is 22.6. The maximum absolute atomic E-state index is 11.6. The fourth-order valence-corrected chi connectivity index (χ4v) is 5.10. The SMILES string of the molecule is CCS(=O)(=O)NCc1ccc(Sc2cccc(C3(OC)CCOCC3)c2)c(Cl)c1. The quantitative estimate of drug-likeness (QED) is 0.631. The lowest BCUT2D eigenvalue weighted by Gasteiger charge is -2.36. The standard InChI is InChI=1S/C21H26ClNO4S2/c1-3-29(24,25)23-15-16-7-8-20(19(22)13-16)28-18-6-4-5-17(14-18)21(26-2)9-11-27-12-10-21/h4-8,13-14,23H,3,9-12,15H2,1-2H3. The van der Waals surface area contributed by atoms with E-state index in [9.17, 15) is 8.42 Å². The zero-order valence-corrected chi connectivity index (χ0v) is 19.0. The molecule has 1 aliphatic rings. The maximum Gasteiger partial charge on any atom is 0.211 e. The topological polar surface area (TPSA) is 64.6 Å². The van der Waals surface area contributed by atoms with Crippen molar-refractivity contribution in [3.8, 4) is 0 Å². The summed E-state index contributed by atoms with van der Waals surface area (Å²) < 4.78 is 37.2. The minimum atomic E-state index is -3.23. The molecule has 0 bridgehead atoms.